The Kier molecular flexibility index (Phi) is 4.55. The average molecular weight is 317 g/mol. The Labute approximate surface area is 134 Å². The number of hydrogen-bond donors (Lipinski definition) is 2. The van der Waals surface area contributed by atoms with Gasteiger partial charge in [-0.1, -0.05) is 12.1 Å². The Morgan fingerprint density at radius 3 is 2.87 bits per heavy atom. The van der Waals surface area contributed by atoms with Crippen molar-refractivity contribution >= 4 is 6.03 Å². The van der Waals surface area contributed by atoms with Gasteiger partial charge in [0.2, 0.25) is 0 Å². The molecule has 2 amide bonds. The van der Waals surface area contributed by atoms with Crippen molar-refractivity contribution < 1.29 is 9.18 Å². The molecule has 1 aliphatic rings. The molecule has 23 heavy (non-hydrogen) atoms. The Bertz CT molecular complexity index is 669. The number of aryl methyl sites for hydroxylation is 1. The molecule has 0 bridgehead atoms. The number of rotatable bonds is 3. The van der Waals surface area contributed by atoms with Gasteiger partial charge in [-0.3, -0.25) is 5.10 Å². The number of aromatic amines is 1. The van der Waals surface area contributed by atoms with E-state index < -0.39 is 0 Å². The normalized spacial score (nSPS) is 18.0. The van der Waals surface area contributed by atoms with Gasteiger partial charge in [0, 0.05) is 6.54 Å². The summed E-state index contributed by atoms with van der Waals surface area (Å²) in [4.78, 5) is 18.5. The molecule has 1 aromatic heterocycles. The number of benzene rings is 1. The fraction of sp³-hybridized carbons (Fsp3) is 0.438. The lowest BCUT2D eigenvalue weighted by molar-refractivity contribution is 0.151. The Balaban J connectivity index is 1.67. The molecule has 1 aliphatic heterocycles. The molecule has 0 saturated carbocycles. The number of likely N-dealkylation sites (tertiary alicyclic amines) is 1. The monoisotopic (exact) mass is 317 g/mol. The first-order valence-corrected chi connectivity index (χ1v) is 7.81. The largest absolute Gasteiger partial charge is 0.331 e. The molecule has 6 nitrogen and oxygen atoms in total. The summed E-state index contributed by atoms with van der Waals surface area (Å²) in [5, 5.41) is 9.62. The quantitative estimate of drug-likeness (QED) is 0.914. The summed E-state index contributed by atoms with van der Waals surface area (Å²) < 4.78 is 13.1. The fourth-order valence-corrected chi connectivity index (χ4v) is 2.93. The predicted molar refractivity (Wildman–Crippen MR) is 83.1 cm³/mol. The number of piperidine rings is 1. The molecule has 2 heterocycles. The van der Waals surface area contributed by atoms with E-state index in [4.69, 9.17) is 0 Å². The maximum atomic E-state index is 13.1. The van der Waals surface area contributed by atoms with Gasteiger partial charge in [-0.05, 0) is 43.9 Å². The molecule has 0 radical (unpaired) electrons. The number of H-pyrrole nitrogens is 1. The second-order valence-electron chi connectivity index (χ2n) is 5.75. The first-order chi connectivity index (χ1) is 11.1. The second-order valence-corrected chi connectivity index (χ2v) is 5.75. The first-order valence-electron chi connectivity index (χ1n) is 7.81. The Morgan fingerprint density at radius 1 is 1.39 bits per heavy atom. The van der Waals surface area contributed by atoms with Crippen LogP contribution in [-0.2, 0) is 6.54 Å². The molecular weight excluding hydrogens is 297 g/mol. The van der Waals surface area contributed by atoms with E-state index in [0.29, 0.717) is 12.4 Å². The number of carbonyl (C=O) groups is 1. The van der Waals surface area contributed by atoms with Crippen molar-refractivity contribution in [3.05, 3.63) is 47.3 Å². The van der Waals surface area contributed by atoms with Crippen LogP contribution in [-0.4, -0.2) is 32.7 Å². The highest BCUT2D eigenvalue weighted by molar-refractivity contribution is 5.74. The maximum Gasteiger partial charge on any atom is 0.318 e. The molecule has 1 saturated heterocycles. The summed E-state index contributed by atoms with van der Waals surface area (Å²) in [6.45, 7) is 2.80. The van der Waals surface area contributed by atoms with E-state index in [1.54, 1.807) is 12.1 Å². The van der Waals surface area contributed by atoms with Gasteiger partial charge in [-0.2, -0.15) is 5.10 Å². The summed E-state index contributed by atoms with van der Waals surface area (Å²) in [5.74, 6) is 1.02. The maximum absolute atomic E-state index is 13.1. The summed E-state index contributed by atoms with van der Waals surface area (Å²) in [5.41, 5.74) is 0.968. The van der Waals surface area contributed by atoms with Gasteiger partial charge in [0.1, 0.15) is 11.6 Å². The minimum absolute atomic E-state index is 0.0155. The summed E-state index contributed by atoms with van der Waals surface area (Å²) in [6.07, 6.45) is 2.93. The van der Waals surface area contributed by atoms with Gasteiger partial charge < -0.3 is 10.2 Å². The topological polar surface area (TPSA) is 73.9 Å². The Hall–Kier alpha value is -2.44. The van der Waals surface area contributed by atoms with Crippen LogP contribution >= 0.6 is 0 Å². The number of halogens is 1. The van der Waals surface area contributed by atoms with Crippen LogP contribution in [0.4, 0.5) is 9.18 Å². The highest BCUT2D eigenvalue weighted by Crippen LogP contribution is 2.30. The van der Waals surface area contributed by atoms with Crippen LogP contribution in [0, 0.1) is 12.7 Å². The highest BCUT2D eigenvalue weighted by atomic mass is 19.1. The number of nitrogens with one attached hydrogen (secondary N) is 2. The van der Waals surface area contributed by atoms with Crippen molar-refractivity contribution in [2.75, 3.05) is 6.54 Å². The van der Waals surface area contributed by atoms with Gasteiger partial charge in [0.15, 0.2) is 5.82 Å². The number of aromatic nitrogens is 3. The van der Waals surface area contributed by atoms with Crippen LogP contribution in [0.5, 0.6) is 0 Å². The minimum atomic E-state index is -0.263. The van der Waals surface area contributed by atoms with E-state index in [2.05, 4.69) is 20.5 Å². The van der Waals surface area contributed by atoms with Gasteiger partial charge in [-0.15, -0.1) is 0 Å². The van der Waals surface area contributed by atoms with Crippen LogP contribution in [0.1, 0.15) is 42.5 Å². The van der Waals surface area contributed by atoms with Gasteiger partial charge in [-0.25, -0.2) is 14.2 Å². The van der Waals surface area contributed by atoms with E-state index in [9.17, 15) is 9.18 Å². The zero-order chi connectivity index (χ0) is 16.2. The van der Waals surface area contributed by atoms with E-state index in [-0.39, 0.29) is 24.4 Å². The summed E-state index contributed by atoms with van der Waals surface area (Å²) >= 11 is 0. The molecule has 7 heteroatoms. The van der Waals surface area contributed by atoms with Gasteiger partial charge >= 0.3 is 6.03 Å². The van der Waals surface area contributed by atoms with Crippen molar-refractivity contribution in [2.24, 2.45) is 0 Å². The summed E-state index contributed by atoms with van der Waals surface area (Å²) in [6, 6.07) is 6.24. The molecular formula is C16H20FN5O. The van der Waals surface area contributed by atoms with E-state index in [0.717, 1.165) is 30.7 Å². The molecule has 0 aliphatic carbocycles. The van der Waals surface area contributed by atoms with Crippen molar-refractivity contribution in [1.29, 1.82) is 0 Å². The number of hydrogen-bond acceptors (Lipinski definition) is 3. The zero-order valence-corrected chi connectivity index (χ0v) is 13.1. The smallest absolute Gasteiger partial charge is 0.318 e. The van der Waals surface area contributed by atoms with Gasteiger partial charge in [0.25, 0.3) is 0 Å². The first kappa shape index (κ1) is 15.5. The van der Waals surface area contributed by atoms with Crippen molar-refractivity contribution in [3.8, 4) is 0 Å². The lowest BCUT2D eigenvalue weighted by Gasteiger charge is -2.36. The average Bonchev–Trinajstić information content (AvgIpc) is 2.99. The highest BCUT2D eigenvalue weighted by Gasteiger charge is 2.27. The molecule has 0 spiro atoms. The van der Waals surface area contributed by atoms with E-state index in [1.807, 2.05) is 11.8 Å². The predicted octanol–water partition coefficient (Wildman–Crippen LogP) is 2.69. The van der Waals surface area contributed by atoms with E-state index >= 15 is 0 Å². The van der Waals surface area contributed by atoms with Crippen LogP contribution in [0.25, 0.3) is 0 Å². The number of amides is 2. The molecule has 2 aromatic rings. The third-order valence-electron chi connectivity index (χ3n) is 4.06. The lowest BCUT2D eigenvalue weighted by Crippen LogP contribution is -2.44. The fourth-order valence-electron chi connectivity index (χ4n) is 2.93. The number of urea groups is 1. The van der Waals surface area contributed by atoms with Crippen molar-refractivity contribution in [2.45, 2.75) is 38.8 Å². The summed E-state index contributed by atoms with van der Waals surface area (Å²) in [7, 11) is 0. The van der Waals surface area contributed by atoms with Crippen LogP contribution in [0.3, 0.4) is 0 Å². The van der Waals surface area contributed by atoms with E-state index in [1.165, 1.54) is 12.1 Å². The standard InChI is InChI=1S/C16H20FN5O/c1-11-19-15(21-20-11)10-18-16(23)22-9-3-2-4-14(22)12-5-7-13(17)8-6-12/h5-8,14H,2-4,9-10H2,1H3,(H,18,23)(H,19,20,21). The van der Waals surface area contributed by atoms with Gasteiger partial charge in [0.05, 0.1) is 12.6 Å². The second kappa shape index (κ2) is 6.76. The molecule has 1 atom stereocenters. The van der Waals surface area contributed by atoms with Crippen LogP contribution < -0.4 is 5.32 Å². The SMILES string of the molecule is Cc1nc(CNC(=O)N2CCCCC2c2ccc(F)cc2)n[nH]1. The number of nitrogens with zero attached hydrogens (tertiary/aromatic N) is 3. The van der Waals surface area contributed by atoms with Crippen LogP contribution in [0.2, 0.25) is 0 Å². The van der Waals surface area contributed by atoms with Crippen molar-refractivity contribution in [3.63, 3.8) is 0 Å². The third kappa shape index (κ3) is 3.67. The molecule has 3 rings (SSSR count). The molecule has 2 N–H and O–H groups in total. The lowest BCUT2D eigenvalue weighted by atomic mass is 9.95. The molecule has 1 unspecified atom stereocenters. The molecule has 1 fully saturated rings. The minimum Gasteiger partial charge on any atom is -0.331 e. The van der Waals surface area contributed by atoms with Crippen LogP contribution in [0.15, 0.2) is 24.3 Å². The Morgan fingerprint density at radius 2 is 2.17 bits per heavy atom. The molecule has 122 valence electrons. The van der Waals surface area contributed by atoms with Crippen molar-refractivity contribution in [1.82, 2.24) is 25.4 Å². The number of carbonyl (C=O) groups excluding carboxylic acids is 1. The molecule has 1 aromatic carbocycles. The zero-order valence-electron chi connectivity index (χ0n) is 13.1. The third-order valence-corrected chi connectivity index (χ3v) is 4.06.